The molecule has 0 saturated carbocycles. The minimum absolute atomic E-state index is 0.0619. The van der Waals surface area contributed by atoms with E-state index < -0.39 is 23.4 Å². The van der Waals surface area contributed by atoms with Gasteiger partial charge in [-0.15, -0.1) is 0 Å². The summed E-state index contributed by atoms with van der Waals surface area (Å²) >= 11 is 0. The van der Waals surface area contributed by atoms with Crippen molar-refractivity contribution >= 4 is 17.5 Å². The third-order valence-electron chi connectivity index (χ3n) is 3.19. The molecule has 3 rings (SSSR count). The molecule has 0 saturated heterocycles. The van der Waals surface area contributed by atoms with E-state index in [-0.39, 0.29) is 30.4 Å². The average molecular weight is 362 g/mol. The lowest BCUT2D eigenvalue weighted by Gasteiger charge is -2.04. The molecule has 0 aliphatic rings. The van der Waals surface area contributed by atoms with Crippen LogP contribution in [0.4, 0.5) is 14.5 Å². The second-order valence-electron chi connectivity index (χ2n) is 5.13. The number of nitrogens with one attached hydrogen (secondary N) is 2. The van der Waals surface area contributed by atoms with Gasteiger partial charge in [-0.25, -0.2) is 8.78 Å². The molecule has 26 heavy (non-hydrogen) atoms. The monoisotopic (exact) mass is 362 g/mol. The van der Waals surface area contributed by atoms with Crippen molar-refractivity contribution in [2.45, 2.75) is 13.0 Å². The van der Waals surface area contributed by atoms with Crippen molar-refractivity contribution < 1.29 is 27.3 Å². The van der Waals surface area contributed by atoms with Crippen molar-refractivity contribution in [2.24, 2.45) is 0 Å². The smallest absolute Gasteiger partial charge is 0.315 e. The highest BCUT2D eigenvalue weighted by atomic mass is 19.1. The number of furan rings is 1. The van der Waals surface area contributed by atoms with E-state index in [2.05, 4.69) is 20.8 Å². The van der Waals surface area contributed by atoms with E-state index >= 15 is 0 Å². The van der Waals surface area contributed by atoms with Gasteiger partial charge < -0.3 is 19.6 Å². The Morgan fingerprint density at radius 2 is 2.04 bits per heavy atom. The molecule has 0 atom stereocenters. The molecule has 2 aromatic heterocycles. The number of hydrogen-bond donors (Lipinski definition) is 2. The molecule has 2 amide bonds. The van der Waals surface area contributed by atoms with Crippen LogP contribution in [0.25, 0.3) is 0 Å². The molecule has 0 radical (unpaired) electrons. The number of amides is 2. The number of halogens is 2. The zero-order chi connectivity index (χ0) is 18.5. The zero-order valence-electron chi connectivity index (χ0n) is 13.2. The molecule has 3 aromatic rings. The van der Waals surface area contributed by atoms with Crippen molar-refractivity contribution in [3.05, 3.63) is 65.7 Å². The number of hydrogen-bond acceptors (Lipinski definition) is 6. The van der Waals surface area contributed by atoms with E-state index in [1.807, 2.05) is 0 Å². The van der Waals surface area contributed by atoms with Crippen molar-refractivity contribution in [3.63, 3.8) is 0 Å². The van der Waals surface area contributed by atoms with Gasteiger partial charge in [0, 0.05) is 6.07 Å². The summed E-state index contributed by atoms with van der Waals surface area (Å²) in [6, 6.07) is 6.10. The molecule has 0 unspecified atom stereocenters. The summed E-state index contributed by atoms with van der Waals surface area (Å²) in [5, 5.41) is 8.27. The fourth-order valence-corrected chi connectivity index (χ4v) is 2.00. The average Bonchev–Trinajstić information content (AvgIpc) is 3.27. The first kappa shape index (κ1) is 17.3. The topological polar surface area (TPSA) is 110 Å². The van der Waals surface area contributed by atoms with Crippen molar-refractivity contribution in [1.82, 2.24) is 15.5 Å². The molecule has 2 heterocycles. The Kier molecular flexibility index (Phi) is 5.02. The van der Waals surface area contributed by atoms with E-state index in [1.165, 1.54) is 6.26 Å². The van der Waals surface area contributed by atoms with Crippen LogP contribution in [-0.2, 0) is 17.8 Å². The molecule has 0 fully saturated rings. The van der Waals surface area contributed by atoms with Gasteiger partial charge in [-0.1, -0.05) is 5.16 Å². The van der Waals surface area contributed by atoms with Crippen molar-refractivity contribution in [2.75, 3.05) is 5.32 Å². The number of rotatable bonds is 6. The molecular weight excluding hydrogens is 350 g/mol. The summed E-state index contributed by atoms with van der Waals surface area (Å²) in [4.78, 5) is 27.5. The van der Waals surface area contributed by atoms with Gasteiger partial charge >= 0.3 is 11.8 Å². The van der Waals surface area contributed by atoms with Gasteiger partial charge in [-0.05, 0) is 24.3 Å². The first-order chi connectivity index (χ1) is 12.5. The predicted molar refractivity (Wildman–Crippen MR) is 82.9 cm³/mol. The van der Waals surface area contributed by atoms with Crippen LogP contribution in [-0.4, -0.2) is 22.0 Å². The predicted octanol–water partition coefficient (Wildman–Crippen LogP) is 2.05. The minimum atomic E-state index is -0.913. The largest absolute Gasteiger partial charge is 0.467 e. The zero-order valence-corrected chi connectivity index (χ0v) is 13.2. The van der Waals surface area contributed by atoms with Gasteiger partial charge in [-0.2, -0.15) is 4.98 Å². The van der Waals surface area contributed by atoms with Gasteiger partial charge in [0.25, 0.3) is 0 Å². The summed E-state index contributed by atoms with van der Waals surface area (Å²) in [6.07, 6.45) is 1.11. The van der Waals surface area contributed by atoms with E-state index in [4.69, 9.17) is 8.94 Å². The van der Waals surface area contributed by atoms with Crippen molar-refractivity contribution in [3.8, 4) is 0 Å². The normalized spacial score (nSPS) is 10.5. The van der Waals surface area contributed by atoms with Crippen LogP contribution >= 0.6 is 0 Å². The SMILES string of the molecule is O=C(Cc1noc(C(=O)NCc2ccco2)n1)Nc1ccc(F)cc1F. The molecule has 10 heteroatoms. The standard InChI is InChI=1S/C16H12F2N4O4/c17-9-3-4-12(11(18)6-9)20-14(23)7-13-21-16(26-22-13)15(24)19-8-10-2-1-5-25-10/h1-6H,7-8H2,(H,19,24)(H,20,23). The van der Waals surface area contributed by atoms with E-state index in [9.17, 15) is 18.4 Å². The third kappa shape index (κ3) is 4.29. The second-order valence-corrected chi connectivity index (χ2v) is 5.13. The van der Waals surface area contributed by atoms with Crippen LogP contribution in [0.5, 0.6) is 0 Å². The molecule has 0 bridgehead atoms. The molecule has 0 aliphatic heterocycles. The minimum Gasteiger partial charge on any atom is -0.467 e. The quantitative estimate of drug-likeness (QED) is 0.694. The number of anilines is 1. The summed E-state index contributed by atoms with van der Waals surface area (Å²) in [5.41, 5.74) is -0.184. The second kappa shape index (κ2) is 7.55. The van der Waals surface area contributed by atoms with Gasteiger partial charge in [-0.3, -0.25) is 9.59 Å². The lowest BCUT2D eigenvalue weighted by molar-refractivity contribution is -0.115. The Morgan fingerprint density at radius 1 is 1.19 bits per heavy atom. The maximum Gasteiger partial charge on any atom is 0.315 e. The lowest BCUT2D eigenvalue weighted by atomic mass is 10.3. The third-order valence-corrected chi connectivity index (χ3v) is 3.19. The maximum absolute atomic E-state index is 13.5. The van der Waals surface area contributed by atoms with Gasteiger partial charge in [0.1, 0.15) is 17.4 Å². The van der Waals surface area contributed by atoms with Crippen LogP contribution < -0.4 is 10.6 Å². The Bertz CT molecular complexity index is 924. The van der Waals surface area contributed by atoms with Gasteiger partial charge in [0.15, 0.2) is 5.82 Å². The molecule has 0 spiro atoms. The van der Waals surface area contributed by atoms with Crippen LogP contribution in [0.1, 0.15) is 22.3 Å². The van der Waals surface area contributed by atoms with Crippen LogP contribution in [0.3, 0.4) is 0 Å². The summed E-state index contributed by atoms with van der Waals surface area (Å²) < 4.78 is 36.2. The summed E-state index contributed by atoms with van der Waals surface area (Å²) in [6.45, 7) is 0.133. The highest BCUT2D eigenvalue weighted by Gasteiger charge is 2.17. The number of benzene rings is 1. The Balaban J connectivity index is 1.55. The first-order valence-corrected chi connectivity index (χ1v) is 7.39. The van der Waals surface area contributed by atoms with Crippen LogP contribution in [0.2, 0.25) is 0 Å². The van der Waals surface area contributed by atoms with E-state index in [1.54, 1.807) is 12.1 Å². The van der Waals surface area contributed by atoms with E-state index in [0.717, 1.165) is 12.1 Å². The maximum atomic E-state index is 13.5. The van der Waals surface area contributed by atoms with Crippen molar-refractivity contribution in [1.29, 1.82) is 0 Å². The molecule has 0 aliphatic carbocycles. The fourth-order valence-electron chi connectivity index (χ4n) is 2.00. The van der Waals surface area contributed by atoms with Gasteiger partial charge in [0.2, 0.25) is 5.91 Å². The van der Waals surface area contributed by atoms with Gasteiger partial charge in [0.05, 0.1) is 24.9 Å². The number of nitrogens with zero attached hydrogens (tertiary/aromatic N) is 2. The molecule has 1 aromatic carbocycles. The molecule has 8 nitrogen and oxygen atoms in total. The van der Waals surface area contributed by atoms with E-state index in [0.29, 0.717) is 11.8 Å². The van der Waals surface area contributed by atoms with Crippen LogP contribution in [0, 0.1) is 11.6 Å². The Morgan fingerprint density at radius 3 is 2.77 bits per heavy atom. The highest BCUT2D eigenvalue weighted by Crippen LogP contribution is 2.15. The Hall–Kier alpha value is -3.56. The highest BCUT2D eigenvalue weighted by molar-refractivity contribution is 5.92. The molecule has 134 valence electrons. The summed E-state index contributed by atoms with van der Waals surface area (Å²) in [7, 11) is 0. The number of aromatic nitrogens is 2. The molecule has 2 N–H and O–H groups in total. The summed E-state index contributed by atoms with van der Waals surface area (Å²) in [5.74, 6) is -2.81. The lowest BCUT2D eigenvalue weighted by Crippen LogP contribution is -2.23. The number of carbonyl (C=O) groups is 2. The number of carbonyl (C=O) groups excluding carboxylic acids is 2. The fraction of sp³-hybridized carbons (Fsp3) is 0.125. The Labute approximate surface area is 145 Å². The van der Waals surface area contributed by atoms with Crippen LogP contribution in [0.15, 0.2) is 45.5 Å². The first-order valence-electron chi connectivity index (χ1n) is 7.39. The molecular formula is C16H12F2N4O4.